The molecular formula is C15H29NO2S. The Morgan fingerprint density at radius 1 is 1.00 bits per heavy atom. The largest absolute Gasteiger partial charge is 0.311 e. The molecule has 112 valence electrons. The molecule has 0 radical (unpaired) electrons. The summed E-state index contributed by atoms with van der Waals surface area (Å²) in [7, 11) is -2.86. The summed E-state index contributed by atoms with van der Waals surface area (Å²) in [6.07, 6.45) is 9.16. The van der Waals surface area contributed by atoms with Crippen LogP contribution in [0, 0.1) is 11.8 Å². The molecule has 2 fully saturated rings. The van der Waals surface area contributed by atoms with Gasteiger partial charge in [0.05, 0.1) is 5.25 Å². The molecule has 5 atom stereocenters. The van der Waals surface area contributed by atoms with Crippen LogP contribution in [0.1, 0.15) is 58.8 Å². The van der Waals surface area contributed by atoms with Crippen LogP contribution in [0.25, 0.3) is 0 Å². The third-order valence-electron chi connectivity index (χ3n) is 5.39. The van der Waals surface area contributed by atoms with Crippen LogP contribution >= 0.6 is 0 Å². The summed E-state index contributed by atoms with van der Waals surface area (Å²) < 4.78 is 23.4. The molecule has 19 heavy (non-hydrogen) atoms. The predicted molar refractivity (Wildman–Crippen MR) is 80.0 cm³/mol. The zero-order valence-electron chi connectivity index (χ0n) is 12.6. The molecule has 0 bridgehead atoms. The van der Waals surface area contributed by atoms with Crippen LogP contribution in [0.3, 0.4) is 0 Å². The summed E-state index contributed by atoms with van der Waals surface area (Å²) in [6, 6.07) is 0.998. The zero-order chi connectivity index (χ0) is 14.0. The lowest BCUT2D eigenvalue weighted by molar-refractivity contribution is 0.182. The van der Waals surface area contributed by atoms with Crippen molar-refractivity contribution in [1.82, 2.24) is 5.32 Å². The minimum atomic E-state index is -2.86. The van der Waals surface area contributed by atoms with Crippen molar-refractivity contribution < 1.29 is 8.42 Å². The molecule has 2 aliphatic carbocycles. The molecule has 2 rings (SSSR count). The standard InChI is InChI=1S/C15H29NO2S/c1-11-6-4-9-15(12(11)2)16-13-7-5-8-14(10-13)19(3,17)18/h11-16H,4-10H2,1-3H3. The zero-order valence-corrected chi connectivity index (χ0v) is 13.4. The second-order valence-corrected chi connectivity index (χ2v) is 9.18. The maximum Gasteiger partial charge on any atom is 0.150 e. The van der Waals surface area contributed by atoms with Gasteiger partial charge in [-0.15, -0.1) is 0 Å². The normalized spacial score (nSPS) is 41.1. The van der Waals surface area contributed by atoms with E-state index in [0.717, 1.165) is 31.6 Å². The Morgan fingerprint density at radius 2 is 1.68 bits per heavy atom. The van der Waals surface area contributed by atoms with Crippen LogP contribution in [0.4, 0.5) is 0 Å². The SMILES string of the molecule is CC1CCCC(NC2CCCC(S(C)(=O)=O)C2)C1C. The third kappa shape index (κ3) is 3.94. The summed E-state index contributed by atoms with van der Waals surface area (Å²) in [5, 5.41) is 3.66. The summed E-state index contributed by atoms with van der Waals surface area (Å²) in [5.74, 6) is 1.51. The van der Waals surface area contributed by atoms with E-state index in [1.807, 2.05) is 0 Å². The minimum absolute atomic E-state index is 0.116. The van der Waals surface area contributed by atoms with E-state index in [0.29, 0.717) is 18.0 Å². The van der Waals surface area contributed by atoms with Crippen molar-refractivity contribution >= 4 is 9.84 Å². The maximum absolute atomic E-state index is 11.7. The van der Waals surface area contributed by atoms with Crippen LogP contribution in [-0.4, -0.2) is 32.0 Å². The lowest BCUT2D eigenvalue weighted by Crippen LogP contribution is -2.48. The Kier molecular flexibility index (Phi) is 4.93. The van der Waals surface area contributed by atoms with Gasteiger partial charge < -0.3 is 5.32 Å². The molecule has 0 aliphatic heterocycles. The molecule has 2 saturated carbocycles. The van der Waals surface area contributed by atoms with Crippen molar-refractivity contribution in [3.8, 4) is 0 Å². The van der Waals surface area contributed by atoms with E-state index in [9.17, 15) is 8.42 Å². The van der Waals surface area contributed by atoms with Gasteiger partial charge in [-0.2, -0.15) is 0 Å². The Bertz CT molecular complexity index is 393. The number of hydrogen-bond donors (Lipinski definition) is 1. The molecule has 0 saturated heterocycles. The molecule has 3 nitrogen and oxygen atoms in total. The Balaban J connectivity index is 1.92. The first-order chi connectivity index (χ1) is 8.88. The first-order valence-electron chi connectivity index (χ1n) is 7.83. The molecule has 0 aromatic rings. The molecular weight excluding hydrogens is 258 g/mol. The van der Waals surface area contributed by atoms with Crippen molar-refractivity contribution in [3.63, 3.8) is 0 Å². The fraction of sp³-hybridized carbons (Fsp3) is 1.00. The quantitative estimate of drug-likeness (QED) is 0.868. The molecule has 2 aliphatic rings. The van der Waals surface area contributed by atoms with Gasteiger partial charge in [0, 0.05) is 18.3 Å². The van der Waals surface area contributed by atoms with Gasteiger partial charge in [0.2, 0.25) is 0 Å². The lowest BCUT2D eigenvalue weighted by atomic mass is 9.77. The van der Waals surface area contributed by atoms with E-state index in [4.69, 9.17) is 0 Å². The average Bonchev–Trinajstić information content (AvgIpc) is 2.34. The third-order valence-corrected chi connectivity index (χ3v) is 7.03. The highest BCUT2D eigenvalue weighted by molar-refractivity contribution is 7.91. The van der Waals surface area contributed by atoms with Gasteiger partial charge in [-0.25, -0.2) is 8.42 Å². The maximum atomic E-state index is 11.7. The number of hydrogen-bond acceptors (Lipinski definition) is 3. The molecule has 0 aromatic heterocycles. The molecule has 0 heterocycles. The van der Waals surface area contributed by atoms with Crippen LogP contribution in [0.2, 0.25) is 0 Å². The molecule has 1 N–H and O–H groups in total. The highest BCUT2D eigenvalue weighted by Gasteiger charge is 2.33. The molecule has 0 spiro atoms. The highest BCUT2D eigenvalue weighted by Crippen LogP contribution is 2.31. The van der Waals surface area contributed by atoms with Gasteiger partial charge in [-0.05, 0) is 37.5 Å². The van der Waals surface area contributed by atoms with Crippen LogP contribution in [0.15, 0.2) is 0 Å². The first kappa shape index (κ1) is 15.3. The Labute approximate surface area is 118 Å². The lowest BCUT2D eigenvalue weighted by Gasteiger charge is -2.39. The van der Waals surface area contributed by atoms with E-state index in [1.165, 1.54) is 25.5 Å². The van der Waals surface area contributed by atoms with Crippen LogP contribution < -0.4 is 5.32 Å². The van der Waals surface area contributed by atoms with Gasteiger partial charge in [-0.3, -0.25) is 0 Å². The van der Waals surface area contributed by atoms with Crippen molar-refractivity contribution in [3.05, 3.63) is 0 Å². The number of nitrogens with one attached hydrogen (secondary N) is 1. The fourth-order valence-electron chi connectivity index (χ4n) is 3.81. The first-order valence-corrected chi connectivity index (χ1v) is 9.78. The molecule has 5 unspecified atom stereocenters. The summed E-state index contributed by atoms with van der Waals surface area (Å²) in [6.45, 7) is 4.69. The number of rotatable bonds is 3. The van der Waals surface area contributed by atoms with Crippen LogP contribution in [0.5, 0.6) is 0 Å². The monoisotopic (exact) mass is 287 g/mol. The van der Waals surface area contributed by atoms with E-state index in [-0.39, 0.29) is 5.25 Å². The topological polar surface area (TPSA) is 46.2 Å². The average molecular weight is 287 g/mol. The van der Waals surface area contributed by atoms with Gasteiger partial charge >= 0.3 is 0 Å². The van der Waals surface area contributed by atoms with E-state index in [2.05, 4.69) is 19.2 Å². The second-order valence-electron chi connectivity index (χ2n) is 6.86. The van der Waals surface area contributed by atoms with Crippen molar-refractivity contribution in [2.24, 2.45) is 11.8 Å². The minimum Gasteiger partial charge on any atom is -0.311 e. The predicted octanol–water partition coefficient (Wildman–Crippen LogP) is 2.76. The van der Waals surface area contributed by atoms with Crippen LogP contribution in [-0.2, 0) is 9.84 Å². The molecule has 0 amide bonds. The summed E-state index contributed by atoms with van der Waals surface area (Å²) in [5.41, 5.74) is 0. The summed E-state index contributed by atoms with van der Waals surface area (Å²) >= 11 is 0. The van der Waals surface area contributed by atoms with Crippen molar-refractivity contribution in [1.29, 1.82) is 0 Å². The number of sulfone groups is 1. The van der Waals surface area contributed by atoms with Gasteiger partial charge in [0.1, 0.15) is 9.84 Å². The van der Waals surface area contributed by atoms with E-state index in [1.54, 1.807) is 0 Å². The Morgan fingerprint density at radius 3 is 2.37 bits per heavy atom. The second kappa shape index (κ2) is 6.13. The summed E-state index contributed by atoms with van der Waals surface area (Å²) in [4.78, 5) is 0. The van der Waals surface area contributed by atoms with Crippen molar-refractivity contribution in [2.45, 2.75) is 76.1 Å². The van der Waals surface area contributed by atoms with E-state index >= 15 is 0 Å². The van der Waals surface area contributed by atoms with Gasteiger partial charge in [0.15, 0.2) is 0 Å². The Hall–Kier alpha value is -0.0900. The van der Waals surface area contributed by atoms with Gasteiger partial charge in [-0.1, -0.05) is 33.1 Å². The fourth-order valence-corrected chi connectivity index (χ4v) is 4.98. The van der Waals surface area contributed by atoms with E-state index < -0.39 is 9.84 Å². The van der Waals surface area contributed by atoms with Crippen molar-refractivity contribution in [2.75, 3.05) is 6.26 Å². The molecule has 0 aromatic carbocycles. The van der Waals surface area contributed by atoms with Gasteiger partial charge in [0.25, 0.3) is 0 Å². The highest BCUT2D eigenvalue weighted by atomic mass is 32.2. The smallest absolute Gasteiger partial charge is 0.150 e. The molecule has 4 heteroatoms.